The van der Waals surface area contributed by atoms with Crippen LogP contribution in [0.25, 0.3) is 0 Å². The summed E-state index contributed by atoms with van der Waals surface area (Å²) >= 11 is 0. The SMILES string of the molecule is COc1ccc(COC2=CC(=O)N[C@H]2CC2=CCCC=C2)cc1OC(C)=O. The van der Waals surface area contributed by atoms with E-state index in [1.54, 1.807) is 12.1 Å². The van der Waals surface area contributed by atoms with E-state index in [0.29, 0.717) is 23.7 Å². The molecule has 1 aliphatic heterocycles. The van der Waals surface area contributed by atoms with Gasteiger partial charge in [0.05, 0.1) is 13.2 Å². The second-order valence-corrected chi connectivity index (χ2v) is 6.44. The molecule has 1 aromatic rings. The van der Waals surface area contributed by atoms with E-state index in [0.717, 1.165) is 18.4 Å². The van der Waals surface area contributed by atoms with Crippen molar-refractivity contribution in [3.8, 4) is 11.5 Å². The molecule has 27 heavy (non-hydrogen) atoms. The van der Waals surface area contributed by atoms with E-state index in [1.807, 2.05) is 6.07 Å². The summed E-state index contributed by atoms with van der Waals surface area (Å²) in [5.41, 5.74) is 2.01. The summed E-state index contributed by atoms with van der Waals surface area (Å²) in [4.78, 5) is 23.0. The van der Waals surface area contributed by atoms with E-state index in [2.05, 4.69) is 23.5 Å². The van der Waals surface area contributed by atoms with Crippen molar-refractivity contribution in [2.45, 2.75) is 38.8 Å². The maximum Gasteiger partial charge on any atom is 0.308 e. The molecule has 1 atom stereocenters. The van der Waals surface area contributed by atoms with Gasteiger partial charge in [-0.2, -0.15) is 0 Å². The summed E-state index contributed by atoms with van der Waals surface area (Å²) in [6.07, 6.45) is 10.7. The minimum Gasteiger partial charge on any atom is -0.493 e. The molecule has 0 saturated heterocycles. The van der Waals surface area contributed by atoms with Crippen LogP contribution in [-0.4, -0.2) is 25.0 Å². The quantitative estimate of drug-likeness (QED) is 0.590. The fourth-order valence-corrected chi connectivity index (χ4v) is 3.08. The Morgan fingerprint density at radius 2 is 2.11 bits per heavy atom. The molecule has 1 aliphatic carbocycles. The monoisotopic (exact) mass is 369 g/mol. The number of nitrogens with one attached hydrogen (secondary N) is 1. The van der Waals surface area contributed by atoms with Gasteiger partial charge in [-0.15, -0.1) is 0 Å². The molecule has 6 nitrogen and oxygen atoms in total. The van der Waals surface area contributed by atoms with Gasteiger partial charge in [0.2, 0.25) is 5.91 Å². The highest BCUT2D eigenvalue weighted by molar-refractivity contribution is 5.91. The van der Waals surface area contributed by atoms with Gasteiger partial charge in [-0.1, -0.05) is 24.3 Å². The molecular formula is C21H23NO5. The van der Waals surface area contributed by atoms with E-state index in [4.69, 9.17) is 14.2 Å². The first-order valence-electron chi connectivity index (χ1n) is 8.91. The lowest BCUT2D eigenvalue weighted by Crippen LogP contribution is -2.29. The molecule has 0 bridgehead atoms. The van der Waals surface area contributed by atoms with Gasteiger partial charge in [-0.3, -0.25) is 9.59 Å². The standard InChI is InChI=1S/C21H23NO5/c1-14(23)27-20-11-16(8-9-18(20)25-2)13-26-19-12-21(24)22-17(19)10-15-6-4-3-5-7-15/h4,6-9,11-12,17H,3,5,10,13H2,1-2H3,(H,22,24)/t17-/m0/s1. The van der Waals surface area contributed by atoms with Gasteiger partial charge in [0.1, 0.15) is 12.4 Å². The maximum atomic E-state index is 11.8. The highest BCUT2D eigenvalue weighted by atomic mass is 16.6. The van der Waals surface area contributed by atoms with Crippen LogP contribution in [0.1, 0.15) is 31.7 Å². The van der Waals surface area contributed by atoms with Crippen LogP contribution in [0.3, 0.4) is 0 Å². The number of hydrogen-bond acceptors (Lipinski definition) is 5. The Morgan fingerprint density at radius 3 is 2.81 bits per heavy atom. The molecule has 0 saturated carbocycles. The minimum atomic E-state index is -0.423. The van der Waals surface area contributed by atoms with Gasteiger partial charge in [0, 0.05) is 13.0 Å². The molecule has 0 radical (unpaired) electrons. The fourth-order valence-electron chi connectivity index (χ4n) is 3.08. The summed E-state index contributed by atoms with van der Waals surface area (Å²) < 4.78 is 16.3. The van der Waals surface area contributed by atoms with Gasteiger partial charge in [-0.05, 0) is 42.5 Å². The van der Waals surface area contributed by atoms with Gasteiger partial charge >= 0.3 is 5.97 Å². The van der Waals surface area contributed by atoms with Crippen LogP contribution in [0.2, 0.25) is 0 Å². The molecule has 0 spiro atoms. The van der Waals surface area contributed by atoms with Crippen molar-refractivity contribution in [3.05, 3.63) is 59.4 Å². The zero-order valence-corrected chi connectivity index (χ0v) is 15.5. The molecule has 6 heteroatoms. The first kappa shape index (κ1) is 18.8. The average Bonchev–Trinajstić information content (AvgIpc) is 2.99. The number of carbonyl (C=O) groups excluding carboxylic acids is 2. The summed E-state index contributed by atoms with van der Waals surface area (Å²) in [7, 11) is 1.51. The number of hydrogen-bond donors (Lipinski definition) is 1. The number of carbonyl (C=O) groups is 2. The Bertz CT molecular complexity index is 822. The van der Waals surface area contributed by atoms with E-state index in [-0.39, 0.29) is 18.6 Å². The topological polar surface area (TPSA) is 73.9 Å². The molecule has 3 rings (SSSR count). The zero-order chi connectivity index (χ0) is 19.2. The van der Waals surface area contributed by atoms with Crippen molar-refractivity contribution < 1.29 is 23.8 Å². The normalized spacial score (nSPS) is 18.4. The highest BCUT2D eigenvalue weighted by Gasteiger charge is 2.26. The van der Waals surface area contributed by atoms with Crippen molar-refractivity contribution in [1.82, 2.24) is 5.32 Å². The fraction of sp³-hybridized carbons (Fsp3) is 0.333. The summed E-state index contributed by atoms with van der Waals surface area (Å²) in [6, 6.07) is 5.08. The van der Waals surface area contributed by atoms with Crippen molar-refractivity contribution in [2.24, 2.45) is 0 Å². The summed E-state index contributed by atoms with van der Waals surface area (Å²) in [6.45, 7) is 1.59. The summed E-state index contributed by atoms with van der Waals surface area (Å²) in [5, 5.41) is 2.92. The summed E-state index contributed by atoms with van der Waals surface area (Å²) in [5.74, 6) is 0.860. The van der Waals surface area contributed by atoms with E-state index < -0.39 is 5.97 Å². The molecule has 0 unspecified atom stereocenters. The molecule has 0 aromatic heterocycles. The third-order valence-electron chi connectivity index (χ3n) is 4.33. The zero-order valence-electron chi connectivity index (χ0n) is 15.5. The number of amides is 1. The van der Waals surface area contributed by atoms with Crippen molar-refractivity contribution in [3.63, 3.8) is 0 Å². The molecule has 2 aliphatic rings. The first-order valence-corrected chi connectivity index (χ1v) is 8.91. The smallest absolute Gasteiger partial charge is 0.308 e. The lowest BCUT2D eigenvalue weighted by molar-refractivity contribution is -0.132. The second-order valence-electron chi connectivity index (χ2n) is 6.44. The van der Waals surface area contributed by atoms with Gasteiger partial charge in [0.25, 0.3) is 0 Å². The highest BCUT2D eigenvalue weighted by Crippen LogP contribution is 2.29. The number of esters is 1. The molecule has 142 valence electrons. The van der Waals surface area contributed by atoms with Crippen LogP contribution < -0.4 is 14.8 Å². The predicted octanol–water partition coefficient (Wildman–Crippen LogP) is 3.19. The van der Waals surface area contributed by atoms with Crippen LogP contribution in [0.15, 0.2) is 53.8 Å². The molecule has 1 amide bonds. The Morgan fingerprint density at radius 1 is 1.26 bits per heavy atom. The maximum absolute atomic E-state index is 11.8. The van der Waals surface area contributed by atoms with Crippen molar-refractivity contribution in [1.29, 1.82) is 0 Å². The lowest BCUT2D eigenvalue weighted by Gasteiger charge is -2.18. The molecule has 1 N–H and O–H groups in total. The third-order valence-corrected chi connectivity index (χ3v) is 4.33. The van der Waals surface area contributed by atoms with E-state index in [9.17, 15) is 9.59 Å². The number of benzene rings is 1. The van der Waals surface area contributed by atoms with Crippen LogP contribution in [0, 0.1) is 0 Å². The Labute approximate surface area is 158 Å². The van der Waals surface area contributed by atoms with Gasteiger partial charge < -0.3 is 19.5 Å². The molecule has 1 aromatic carbocycles. The van der Waals surface area contributed by atoms with Crippen LogP contribution in [0.4, 0.5) is 0 Å². The average molecular weight is 369 g/mol. The Kier molecular flexibility index (Phi) is 5.96. The number of rotatable bonds is 7. The van der Waals surface area contributed by atoms with E-state index in [1.165, 1.54) is 25.7 Å². The van der Waals surface area contributed by atoms with Gasteiger partial charge in [0.15, 0.2) is 11.5 Å². The third kappa shape index (κ3) is 5.00. The molecule has 0 fully saturated rings. The molecular weight excluding hydrogens is 346 g/mol. The van der Waals surface area contributed by atoms with Crippen LogP contribution in [0.5, 0.6) is 11.5 Å². The first-order chi connectivity index (χ1) is 13.0. The largest absolute Gasteiger partial charge is 0.493 e. The van der Waals surface area contributed by atoms with Crippen LogP contribution >= 0.6 is 0 Å². The number of allylic oxidation sites excluding steroid dienone is 3. The van der Waals surface area contributed by atoms with Crippen molar-refractivity contribution in [2.75, 3.05) is 7.11 Å². The molecule has 1 heterocycles. The van der Waals surface area contributed by atoms with Crippen LogP contribution in [-0.2, 0) is 20.9 Å². The Balaban J connectivity index is 1.66. The lowest BCUT2D eigenvalue weighted by atomic mass is 10.00. The van der Waals surface area contributed by atoms with Crippen molar-refractivity contribution >= 4 is 11.9 Å². The van der Waals surface area contributed by atoms with E-state index >= 15 is 0 Å². The number of ether oxygens (including phenoxy) is 3. The minimum absolute atomic E-state index is 0.147. The van der Waals surface area contributed by atoms with Gasteiger partial charge in [-0.25, -0.2) is 0 Å². The predicted molar refractivity (Wildman–Crippen MR) is 100 cm³/mol. The number of methoxy groups -OCH3 is 1. The second kappa shape index (κ2) is 8.58. The Hall–Kier alpha value is -3.02.